The van der Waals surface area contributed by atoms with Gasteiger partial charge in [-0.25, -0.2) is 4.79 Å². The fourth-order valence-corrected chi connectivity index (χ4v) is 3.05. The van der Waals surface area contributed by atoms with Crippen molar-refractivity contribution in [1.82, 2.24) is 9.88 Å². The van der Waals surface area contributed by atoms with Crippen molar-refractivity contribution < 1.29 is 9.90 Å². The average molecular weight is 290 g/mol. The summed E-state index contributed by atoms with van der Waals surface area (Å²) in [5, 5.41) is 8.89. The van der Waals surface area contributed by atoms with Crippen molar-refractivity contribution in [2.24, 2.45) is 11.3 Å². The van der Waals surface area contributed by atoms with Gasteiger partial charge in [0, 0.05) is 12.7 Å². The zero-order valence-corrected chi connectivity index (χ0v) is 13.3. The number of carboxylic acids is 1. The van der Waals surface area contributed by atoms with Gasteiger partial charge in [0.2, 0.25) is 0 Å². The number of likely N-dealkylation sites (tertiary alicyclic amines) is 1. The lowest BCUT2D eigenvalue weighted by Gasteiger charge is -2.29. The van der Waals surface area contributed by atoms with Crippen LogP contribution >= 0.6 is 0 Å². The van der Waals surface area contributed by atoms with E-state index in [-0.39, 0.29) is 5.56 Å². The van der Waals surface area contributed by atoms with Crippen molar-refractivity contribution in [1.29, 1.82) is 0 Å². The maximum Gasteiger partial charge on any atom is 0.337 e. The molecule has 21 heavy (non-hydrogen) atoms. The Kier molecular flexibility index (Phi) is 4.99. The SMILES string of the molecule is CC(C)(C)C1CCCN(Cc2ccc(C(=O)O)cn2)CC1. The molecule has 0 amide bonds. The summed E-state index contributed by atoms with van der Waals surface area (Å²) >= 11 is 0. The third-order valence-electron chi connectivity index (χ3n) is 4.50. The van der Waals surface area contributed by atoms with Gasteiger partial charge in [-0.2, -0.15) is 0 Å². The molecule has 1 aromatic heterocycles. The second-order valence-corrected chi connectivity index (χ2v) is 7.11. The molecule has 1 fully saturated rings. The van der Waals surface area contributed by atoms with Crippen molar-refractivity contribution in [2.75, 3.05) is 13.1 Å². The summed E-state index contributed by atoms with van der Waals surface area (Å²) in [5.74, 6) is -0.137. The molecule has 4 nitrogen and oxygen atoms in total. The molecule has 1 unspecified atom stereocenters. The van der Waals surface area contributed by atoms with E-state index in [1.54, 1.807) is 6.07 Å². The molecule has 1 aromatic rings. The van der Waals surface area contributed by atoms with Gasteiger partial charge in [0.25, 0.3) is 0 Å². The Morgan fingerprint density at radius 3 is 2.67 bits per heavy atom. The summed E-state index contributed by atoms with van der Waals surface area (Å²) < 4.78 is 0. The van der Waals surface area contributed by atoms with E-state index in [9.17, 15) is 4.79 Å². The van der Waals surface area contributed by atoms with Gasteiger partial charge in [-0.15, -0.1) is 0 Å². The predicted octanol–water partition coefficient (Wildman–Crippen LogP) is 3.43. The highest BCUT2D eigenvalue weighted by molar-refractivity contribution is 5.87. The number of nitrogens with zero attached hydrogens (tertiary/aromatic N) is 2. The van der Waals surface area contributed by atoms with E-state index >= 15 is 0 Å². The molecule has 2 rings (SSSR count). The lowest BCUT2D eigenvalue weighted by molar-refractivity contribution is 0.0696. The third kappa shape index (κ3) is 4.53. The Morgan fingerprint density at radius 1 is 1.33 bits per heavy atom. The molecule has 1 aliphatic rings. The van der Waals surface area contributed by atoms with Crippen LogP contribution < -0.4 is 0 Å². The molecular weight excluding hydrogens is 264 g/mol. The smallest absolute Gasteiger partial charge is 0.337 e. The lowest BCUT2D eigenvalue weighted by atomic mass is 9.77. The van der Waals surface area contributed by atoms with Gasteiger partial charge in [0.1, 0.15) is 0 Å². The predicted molar refractivity (Wildman–Crippen MR) is 83.3 cm³/mol. The van der Waals surface area contributed by atoms with Crippen molar-refractivity contribution in [2.45, 2.75) is 46.6 Å². The summed E-state index contributed by atoms with van der Waals surface area (Å²) in [4.78, 5) is 17.5. The molecule has 0 spiro atoms. The Labute approximate surface area is 127 Å². The molecular formula is C17H26N2O2. The topological polar surface area (TPSA) is 53.4 Å². The number of rotatable bonds is 3. The number of aromatic carboxylic acids is 1. The highest BCUT2D eigenvalue weighted by Gasteiger charge is 2.27. The van der Waals surface area contributed by atoms with Gasteiger partial charge in [-0.05, 0) is 55.8 Å². The lowest BCUT2D eigenvalue weighted by Crippen LogP contribution is -2.26. The summed E-state index contributed by atoms with van der Waals surface area (Å²) in [6.07, 6.45) is 5.21. The molecule has 0 saturated carbocycles. The first-order chi connectivity index (χ1) is 9.86. The molecule has 0 radical (unpaired) electrons. The molecule has 4 heteroatoms. The van der Waals surface area contributed by atoms with Crippen LogP contribution in [0.2, 0.25) is 0 Å². The molecule has 116 valence electrons. The van der Waals surface area contributed by atoms with Crippen molar-refractivity contribution >= 4 is 5.97 Å². The average Bonchev–Trinajstić information content (AvgIpc) is 2.64. The fourth-order valence-electron chi connectivity index (χ4n) is 3.05. The Balaban J connectivity index is 1.93. The molecule has 1 atom stereocenters. The minimum absolute atomic E-state index is 0.252. The van der Waals surface area contributed by atoms with E-state index in [1.165, 1.54) is 25.5 Å². The highest BCUT2D eigenvalue weighted by Crippen LogP contribution is 2.34. The maximum atomic E-state index is 10.8. The van der Waals surface area contributed by atoms with Crippen LogP contribution in [0.5, 0.6) is 0 Å². The maximum absolute atomic E-state index is 10.8. The molecule has 0 aromatic carbocycles. The summed E-state index contributed by atoms with van der Waals surface area (Å²) in [5.41, 5.74) is 1.59. The summed E-state index contributed by atoms with van der Waals surface area (Å²) in [7, 11) is 0. The van der Waals surface area contributed by atoms with Crippen molar-refractivity contribution in [3.8, 4) is 0 Å². The fraction of sp³-hybridized carbons (Fsp3) is 0.647. The van der Waals surface area contributed by atoms with Gasteiger partial charge < -0.3 is 5.11 Å². The van der Waals surface area contributed by atoms with Crippen LogP contribution in [-0.4, -0.2) is 34.0 Å². The number of aromatic nitrogens is 1. The van der Waals surface area contributed by atoms with Crippen LogP contribution in [0.3, 0.4) is 0 Å². The molecule has 1 N–H and O–H groups in total. The molecule has 0 bridgehead atoms. The largest absolute Gasteiger partial charge is 0.478 e. The highest BCUT2D eigenvalue weighted by atomic mass is 16.4. The quantitative estimate of drug-likeness (QED) is 0.926. The Morgan fingerprint density at radius 2 is 2.10 bits per heavy atom. The van der Waals surface area contributed by atoms with E-state index in [0.717, 1.165) is 31.2 Å². The second-order valence-electron chi connectivity index (χ2n) is 7.11. The van der Waals surface area contributed by atoms with E-state index in [2.05, 4.69) is 30.7 Å². The van der Waals surface area contributed by atoms with Gasteiger partial charge in [0.05, 0.1) is 11.3 Å². The number of carboxylic acid groups (broad SMARTS) is 1. The van der Waals surface area contributed by atoms with E-state index in [1.807, 2.05) is 6.07 Å². The second kappa shape index (κ2) is 6.56. The van der Waals surface area contributed by atoms with Crippen molar-refractivity contribution in [3.63, 3.8) is 0 Å². The number of pyridine rings is 1. The number of hydrogen-bond donors (Lipinski definition) is 1. The number of carbonyl (C=O) groups is 1. The normalized spacial score (nSPS) is 21.0. The van der Waals surface area contributed by atoms with Crippen LogP contribution in [0.15, 0.2) is 18.3 Å². The zero-order valence-electron chi connectivity index (χ0n) is 13.3. The summed E-state index contributed by atoms with van der Waals surface area (Å²) in [6, 6.07) is 3.47. The molecule has 0 aliphatic carbocycles. The summed E-state index contributed by atoms with van der Waals surface area (Å²) in [6.45, 7) is 10.0. The third-order valence-corrected chi connectivity index (χ3v) is 4.50. The van der Waals surface area contributed by atoms with Crippen molar-refractivity contribution in [3.05, 3.63) is 29.6 Å². The van der Waals surface area contributed by atoms with Crippen LogP contribution in [0, 0.1) is 11.3 Å². The van der Waals surface area contributed by atoms with Gasteiger partial charge in [-0.1, -0.05) is 20.8 Å². The van der Waals surface area contributed by atoms with Crippen LogP contribution in [0.25, 0.3) is 0 Å². The van der Waals surface area contributed by atoms with Gasteiger partial charge in [0.15, 0.2) is 0 Å². The first kappa shape index (κ1) is 16.0. The molecule has 1 aliphatic heterocycles. The van der Waals surface area contributed by atoms with E-state index in [0.29, 0.717) is 5.41 Å². The Hall–Kier alpha value is -1.42. The first-order valence-electron chi connectivity index (χ1n) is 7.77. The standard InChI is InChI=1S/C17H26N2O2/c1-17(2,3)14-5-4-9-19(10-8-14)12-15-7-6-13(11-18-15)16(20)21/h6-7,11,14H,4-5,8-10,12H2,1-3H3,(H,20,21). The molecule has 2 heterocycles. The monoisotopic (exact) mass is 290 g/mol. The van der Waals surface area contributed by atoms with E-state index in [4.69, 9.17) is 5.11 Å². The minimum Gasteiger partial charge on any atom is -0.478 e. The first-order valence-corrected chi connectivity index (χ1v) is 7.77. The van der Waals surface area contributed by atoms with Gasteiger partial charge >= 0.3 is 5.97 Å². The minimum atomic E-state index is -0.920. The zero-order chi connectivity index (χ0) is 15.5. The molecule has 1 saturated heterocycles. The number of hydrogen-bond acceptors (Lipinski definition) is 3. The Bertz CT molecular complexity index is 477. The van der Waals surface area contributed by atoms with E-state index < -0.39 is 5.97 Å². The van der Waals surface area contributed by atoms with Crippen LogP contribution in [0.1, 0.15) is 56.1 Å². The van der Waals surface area contributed by atoms with Crippen LogP contribution in [0.4, 0.5) is 0 Å². The van der Waals surface area contributed by atoms with Crippen LogP contribution in [-0.2, 0) is 6.54 Å². The van der Waals surface area contributed by atoms with Gasteiger partial charge in [-0.3, -0.25) is 9.88 Å².